The predicted molar refractivity (Wildman–Crippen MR) is 62.1 cm³/mol. The van der Waals surface area contributed by atoms with Gasteiger partial charge in [-0.3, -0.25) is 0 Å². The van der Waals surface area contributed by atoms with E-state index in [1.807, 2.05) is 24.5 Å². The lowest BCUT2D eigenvalue weighted by molar-refractivity contribution is 0.0702. The maximum atomic E-state index is 10.7. The number of aryl methyl sites for hydroxylation is 1. The van der Waals surface area contributed by atoms with Gasteiger partial charge in [0.05, 0.1) is 18.6 Å². The molecule has 2 heterocycles. The summed E-state index contributed by atoms with van der Waals surface area (Å²) < 4.78 is 2.02. The highest BCUT2D eigenvalue weighted by molar-refractivity contribution is 7.13. The SMILES string of the molecule is Cc1ncn(Cc2ccc(C(=O)O)s2)c1C. The number of thiophene rings is 1. The molecule has 0 bridgehead atoms. The number of hydrogen-bond donors (Lipinski definition) is 1. The van der Waals surface area contributed by atoms with E-state index in [-0.39, 0.29) is 0 Å². The highest BCUT2D eigenvalue weighted by atomic mass is 32.1. The number of rotatable bonds is 3. The molecule has 0 saturated carbocycles. The van der Waals surface area contributed by atoms with E-state index in [1.54, 1.807) is 12.4 Å². The van der Waals surface area contributed by atoms with Crippen LogP contribution in [0, 0.1) is 13.8 Å². The Labute approximate surface area is 97.2 Å². The summed E-state index contributed by atoms with van der Waals surface area (Å²) in [7, 11) is 0. The first kappa shape index (κ1) is 10.9. The fraction of sp³-hybridized carbons (Fsp3) is 0.273. The van der Waals surface area contributed by atoms with Gasteiger partial charge in [0.1, 0.15) is 4.88 Å². The number of nitrogens with zero attached hydrogens (tertiary/aromatic N) is 2. The molecule has 0 aliphatic rings. The van der Waals surface area contributed by atoms with Crippen molar-refractivity contribution in [1.29, 1.82) is 0 Å². The average Bonchev–Trinajstić information content (AvgIpc) is 2.81. The number of aromatic carboxylic acids is 1. The average molecular weight is 236 g/mol. The Balaban J connectivity index is 2.21. The second-order valence-electron chi connectivity index (χ2n) is 3.61. The van der Waals surface area contributed by atoms with Crippen LogP contribution in [0.4, 0.5) is 0 Å². The molecule has 0 spiro atoms. The maximum absolute atomic E-state index is 10.7. The molecule has 0 aliphatic heterocycles. The van der Waals surface area contributed by atoms with Crippen molar-refractivity contribution in [3.05, 3.63) is 39.6 Å². The van der Waals surface area contributed by atoms with Crippen molar-refractivity contribution in [1.82, 2.24) is 9.55 Å². The molecule has 84 valence electrons. The number of carboxylic acid groups (broad SMARTS) is 1. The summed E-state index contributed by atoms with van der Waals surface area (Å²) >= 11 is 1.31. The van der Waals surface area contributed by atoms with E-state index < -0.39 is 5.97 Å². The second kappa shape index (κ2) is 4.09. The topological polar surface area (TPSA) is 55.1 Å². The molecule has 0 fully saturated rings. The molecule has 2 rings (SSSR count). The van der Waals surface area contributed by atoms with Crippen LogP contribution in [0.15, 0.2) is 18.5 Å². The Morgan fingerprint density at radius 2 is 2.25 bits per heavy atom. The number of aromatic nitrogens is 2. The smallest absolute Gasteiger partial charge is 0.345 e. The molecular weight excluding hydrogens is 224 g/mol. The van der Waals surface area contributed by atoms with E-state index in [4.69, 9.17) is 5.11 Å². The molecule has 0 aromatic carbocycles. The summed E-state index contributed by atoms with van der Waals surface area (Å²) in [5.74, 6) is -0.866. The van der Waals surface area contributed by atoms with Gasteiger partial charge in [-0.05, 0) is 26.0 Å². The fourth-order valence-electron chi connectivity index (χ4n) is 1.45. The van der Waals surface area contributed by atoms with E-state index in [1.165, 1.54) is 11.3 Å². The quantitative estimate of drug-likeness (QED) is 0.889. The number of hydrogen-bond acceptors (Lipinski definition) is 3. The van der Waals surface area contributed by atoms with Gasteiger partial charge in [-0.15, -0.1) is 11.3 Å². The van der Waals surface area contributed by atoms with Crippen LogP contribution in [0.25, 0.3) is 0 Å². The Morgan fingerprint density at radius 1 is 1.50 bits per heavy atom. The molecule has 2 aromatic heterocycles. The van der Waals surface area contributed by atoms with Gasteiger partial charge in [-0.2, -0.15) is 0 Å². The van der Waals surface area contributed by atoms with E-state index >= 15 is 0 Å². The van der Waals surface area contributed by atoms with Crippen molar-refractivity contribution >= 4 is 17.3 Å². The largest absolute Gasteiger partial charge is 0.477 e. The summed E-state index contributed by atoms with van der Waals surface area (Å²) in [6.45, 7) is 4.65. The minimum Gasteiger partial charge on any atom is -0.477 e. The molecule has 0 amide bonds. The molecule has 0 unspecified atom stereocenters. The monoisotopic (exact) mass is 236 g/mol. The molecular formula is C11H12N2O2S. The van der Waals surface area contributed by atoms with E-state index in [0.717, 1.165) is 16.3 Å². The first-order valence-electron chi connectivity index (χ1n) is 4.88. The highest BCUT2D eigenvalue weighted by Crippen LogP contribution is 2.18. The summed E-state index contributed by atoms with van der Waals surface area (Å²) in [5.41, 5.74) is 2.13. The van der Waals surface area contributed by atoms with Crippen LogP contribution < -0.4 is 0 Å². The van der Waals surface area contributed by atoms with Crippen LogP contribution in [0.2, 0.25) is 0 Å². The minimum atomic E-state index is -0.866. The predicted octanol–water partition coefficient (Wildman–Crippen LogP) is 2.31. The molecule has 4 nitrogen and oxygen atoms in total. The number of imidazole rings is 1. The lowest BCUT2D eigenvalue weighted by atomic mass is 10.3. The van der Waals surface area contributed by atoms with Gasteiger partial charge < -0.3 is 9.67 Å². The van der Waals surface area contributed by atoms with Gasteiger partial charge >= 0.3 is 5.97 Å². The summed E-state index contributed by atoms with van der Waals surface area (Å²) in [6, 6.07) is 3.49. The molecule has 5 heteroatoms. The summed E-state index contributed by atoms with van der Waals surface area (Å²) in [6.07, 6.45) is 1.78. The molecule has 2 aromatic rings. The van der Waals surface area contributed by atoms with Crippen molar-refractivity contribution in [2.75, 3.05) is 0 Å². The van der Waals surface area contributed by atoms with E-state index in [2.05, 4.69) is 4.98 Å². The zero-order valence-corrected chi connectivity index (χ0v) is 9.91. The minimum absolute atomic E-state index is 0.379. The van der Waals surface area contributed by atoms with Crippen LogP contribution in [0.3, 0.4) is 0 Å². The van der Waals surface area contributed by atoms with E-state index in [9.17, 15) is 4.79 Å². The van der Waals surface area contributed by atoms with Gasteiger partial charge in [-0.1, -0.05) is 0 Å². The summed E-state index contributed by atoms with van der Waals surface area (Å²) in [4.78, 5) is 16.3. The molecule has 0 saturated heterocycles. The van der Waals surface area contributed by atoms with Gasteiger partial charge in [0.25, 0.3) is 0 Å². The number of carboxylic acids is 1. The third-order valence-corrected chi connectivity index (χ3v) is 3.60. The van der Waals surface area contributed by atoms with Gasteiger partial charge in [0.2, 0.25) is 0 Å². The second-order valence-corrected chi connectivity index (χ2v) is 4.78. The summed E-state index contributed by atoms with van der Waals surface area (Å²) in [5, 5.41) is 8.81. The van der Waals surface area contributed by atoms with Crippen LogP contribution in [0.1, 0.15) is 25.9 Å². The zero-order valence-electron chi connectivity index (χ0n) is 9.10. The van der Waals surface area contributed by atoms with Gasteiger partial charge in [0.15, 0.2) is 0 Å². The maximum Gasteiger partial charge on any atom is 0.345 e. The first-order chi connectivity index (χ1) is 7.58. The lowest BCUT2D eigenvalue weighted by Crippen LogP contribution is -1.98. The third-order valence-electron chi connectivity index (χ3n) is 2.54. The number of carbonyl (C=O) groups is 1. The third kappa shape index (κ3) is 1.99. The van der Waals surface area contributed by atoms with Crippen LogP contribution >= 0.6 is 11.3 Å². The van der Waals surface area contributed by atoms with Crippen molar-refractivity contribution in [2.24, 2.45) is 0 Å². The standard InChI is InChI=1S/C11H12N2O2S/c1-7-8(2)13(6-12-7)5-9-3-4-10(16-9)11(14)15/h3-4,6H,5H2,1-2H3,(H,14,15). The zero-order chi connectivity index (χ0) is 11.7. The molecule has 16 heavy (non-hydrogen) atoms. The fourth-order valence-corrected chi connectivity index (χ4v) is 2.29. The Morgan fingerprint density at radius 3 is 2.75 bits per heavy atom. The van der Waals surface area contributed by atoms with Gasteiger partial charge in [-0.25, -0.2) is 9.78 Å². The Hall–Kier alpha value is -1.62. The lowest BCUT2D eigenvalue weighted by Gasteiger charge is -2.02. The Bertz CT molecular complexity index is 528. The van der Waals surface area contributed by atoms with Crippen LogP contribution in [-0.4, -0.2) is 20.6 Å². The molecule has 0 radical (unpaired) electrons. The van der Waals surface area contributed by atoms with Crippen molar-refractivity contribution in [2.45, 2.75) is 20.4 Å². The van der Waals surface area contributed by atoms with Crippen LogP contribution in [-0.2, 0) is 6.54 Å². The molecule has 0 aliphatic carbocycles. The molecule has 0 atom stereocenters. The highest BCUT2D eigenvalue weighted by Gasteiger charge is 2.08. The van der Waals surface area contributed by atoms with Crippen molar-refractivity contribution in [3.63, 3.8) is 0 Å². The van der Waals surface area contributed by atoms with E-state index in [0.29, 0.717) is 11.4 Å². The van der Waals surface area contributed by atoms with Crippen molar-refractivity contribution < 1.29 is 9.90 Å². The normalized spacial score (nSPS) is 10.6. The van der Waals surface area contributed by atoms with Crippen LogP contribution in [0.5, 0.6) is 0 Å². The van der Waals surface area contributed by atoms with Crippen molar-refractivity contribution in [3.8, 4) is 0 Å². The Kier molecular flexibility index (Phi) is 2.78. The first-order valence-corrected chi connectivity index (χ1v) is 5.70. The van der Waals surface area contributed by atoms with Gasteiger partial charge in [0, 0.05) is 10.6 Å². The molecule has 1 N–H and O–H groups in total.